The van der Waals surface area contributed by atoms with Crippen molar-refractivity contribution in [2.75, 3.05) is 0 Å². The number of fused-ring (bicyclic) bond motifs is 1. The van der Waals surface area contributed by atoms with Crippen LogP contribution in [0.4, 0.5) is 0 Å². The van der Waals surface area contributed by atoms with Crippen LogP contribution in [0.3, 0.4) is 0 Å². The first-order valence-electron chi connectivity index (χ1n) is 6.57. The van der Waals surface area contributed by atoms with Crippen LogP contribution in [0, 0.1) is 11.8 Å². The molecule has 1 aliphatic rings. The fourth-order valence-electron chi connectivity index (χ4n) is 2.56. The summed E-state index contributed by atoms with van der Waals surface area (Å²) in [5.74, 6) is 1.58. The largest absolute Gasteiger partial charge is 0.0802 e. The summed E-state index contributed by atoms with van der Waals surface area (Å²) in [6.07, 6.45) is 10.0. The Hall–Kier alpha value is -1.04. The summed E-state index contributed by atoms with van der Waals surface area (Å²) in [5.41, 5.74) is 2.94. The monoisotopic (exact) mass is 214 g/mol. The third-order valence-electron chi connectivity index (χ3n) is 3.78. The molecule has 2 rings (SSSR count). The molecule has 0 heteroatoms. The Morgan fingerprint density at radius 3 is 2.94 bits per heavy atom. The van der Waals surface area contributed by atoms with Gasteiger partial charge in [0.25, 0.3) is 0 Å². The molecular weight excluding hydrogens is 192 g/mol. The molecule has 16 heavy (non-hydrogen) atoms. The predicted octanol–water partition coefficient (Wildman–Crippen LogP) is 4.70. The minimum atomic E-state index is 0.751. The third kappa shape index (κ3) is 2.55. The standard InChI is InChI=1S/C16H22/c1-3-4-7-13(2)15-11-10-14-8-5-6-9-16(14)12-15/h5-6,8-11,13,15H,3-4,7,12H2,1-2H3. The summed E-state index contributed by atoms with van der Waals surface area (Å²) >= 11 is 0. The smallest absolute Gasteiger partial charge is 0.0164 e. The Bertz CT molecular complexity index is 362. The molecule has 0 bridgehead atoms. The Labute approximate surface area is 99.4 Å². The van der Waals surface area contributed by atoms with Gasteiger partial charge in [-0.3, -0.25) is 0 Å². The van der Waals surface area contributed by atoms with E-state index in [4.69, 9.17) is 0 Å². The van der Waals surface area contributed by atoms with Crippen LogP contribution in [0.5, 0.6) is 0 Å². The van der Waals surface area contributed by atoms with Crippen LogP contribution in [0.1, 0.15) is 44.2 Å². The van der Waals surface area contributed by atoms with Gasteiger partial charge in [-0.2, -0.15) is 0 Å². The zero-order valence-electron chi connectivity index (χ0n) is 10.4. The van der Waals surface area contributed by atoms with Crippen molar-refractivity contribution in [2.45, 2.75) is 39.5 Å². The summed E-state index contributed by atoms with van der Waals surface area (Å²) in [6, 6.07) is 8.78. The van der Waals surface area contributed by atoms with Gasteiger partial charge in [0.05, 0.1) is 0 Å². The molecule has 0 heterocycles. The molecule has 0 aliphatic heterocycles. The van der Waals surface area contributed by atoms with E-state index in [1.807, 2.05) is 0 Å². The highest BCUT2D eigenvalue weighted by molar-refractivity contribution is 5.56. The summed E-state index contributed by atoms with van der Waals surface area (Å²) in [6.45, 7) is 4.68. The average molecular weight is 214 g/mol. The molecule has 0 saturated carbocycles. The van der Waals surface area contributed by atoms with Crippen molar-refractivity contribution in [2.24, 2.45) is 11.8 Å². The lowest BCUT2D eigenvalue weighted by molar-refractivity contribution is 0.386. The summed E-state index contributed by atoms with van der Waals surface area (Å²) in [4.78, 5) is 0. The molecule has 0 spiro atoms. The first-order valence-corrected chi connectivity index (χ1v) is 6.57. The molecule has 0 radical (unpaired) electrons. The molecule has 86 valence electrons. The van der Waals surface area contributed by atoms with Gasteiger partial charge in [0.15, 0.2) is 0 Å². The van der Waals surface area contributed by atoms with Crippen molar-refractivity contribution in [3.8, 4) is 0 Å². The SMILES string of the molecule is CCCCC(C)C1C=Cc2ccccc2C1. The second-order valence-corrected chi connectivity index (χ2v) is 5.05. The van der Waals surface area contributed by atoms with Crippen LogP contribution >= 0.6 is 0 Å². The van der Waals surface area contributed by atoms with Crippen LogP contribution < -0.4 is 0 Å². The van der Waals surface area contributed by atoms with E-state index in [0.29, 0.717) is 0 Å². The second kappa shape index (κ2) is 5.34. The van der Waals surface area contributed by atoms with Crippen molar-refractivity contribution < 1.29 is 0 Å². The van der Waals surface area contributed by atoms with Gasteiger partial charge in [0, 0.05) is 0 Å². The molecule has 0 aromatic heterocycles. The van der Waals surface area contributed by atoms with Crippen LogP contribution in [-0.2, 0) is 6.42 Å². The molecule has 1 aromatic carbocycles. The van der Waals surface area contributed by atoms with Gasteiger partial charge in [0.2, 0.25) is 0 Å². The van der Waals surface area contributed by atoms with E-state index in [0.717, 1.165) is 11.8 Å². The van der Waals surface area contributed by atoms with Crippen LogP contribution in [0.15, 0.2) is 30.3 Å². The minimum Gasteiger partial charge on any atom is -0.0802 e. The maximum atomic E-state index is 2.42. The van der Waals surface area contributed by atoms with Gasteiger partial charge >= 0.3 is 0 Å². The molecule has 0 N–H and O–H groups in total. The minimum absolute atomic E-state index is 0.751. The van der Waals surface area contributed by atoms with Gasteiger partial charge in [-0.05, 0) is 29.4 Å². The zero-order chi connectivity index (χ0) is 11.4. The van der Waals surface area contributed by atoms with Gasteiger partial charge in [-0.25, -0.2) is 0 Å². The Balaban J connectivity index is 2.02. The normalized spacial score (nSPS) is 20.5. The van der Waals surface area contributed by atoms with Crippen LogP contribution in [-0.4, -0.2) is 0 Å². The van der Waals surface area contributed by atoms with E-state index in [1.54, 1.807) is 0 Å². The van der Waals surface area contributed by atoms with E-state index in [1.165, 1.54) is 36.8 Å². The quantitative estimate of drug-likeness (QED) is 0.681. The fraction of sp³-hybridized carbons (Fsp3) is 0.500. The fourth-order valence-corrected chi connectivity index (χ4v) is 2.56. The van der Waals surface area contributed by atoms with E-state index in [2.05, 4.69) is 50.3 Å². The summed E-state index contributed by atoms with van der Waals surface area (Å²) < 4.78 is 0. The lowest BCUT2D eigenvalue weighted by atomic mass is 9.80. The first-order chi connectivity index (χ1) is 7.81. The Kier molecular flexibility index (Phi) is 3.82. The zero-order valence-corrected chi connectivity index (χ0v) is 10.4. The molecule has 0 amide bonds. The number of hydrogen-bond donors (Lipinski definition) is 0. The number of allylic oxidation sites excluding steroid dienone is 1. The number of benzene rings is 1. The maximum absolute atomic E-state index is 2.42. The van der Waals surface area contributed by atoms with Crippen molar-refractivity contribution in [1.29, 1.82) is 0 Å². The molecule has 0 nitrogen and oxygen atoms in total. The highest BCUT2D eigenvalue weighted by atomic mass is 14.2. The molecule has 2 unspecified atom stereocenters. The van der Waals surface area contributed by atoms with Gasteiger partial charge in [-0.15, -0.1) is 0 Å². The summed E-state index contributed by atoms with van der Waals surface area (Å²) in [7, 11) is 0. The summed E-state index contributed by atoms with van der Waals surface area (Å²) in [5, 5.41) is 0. The van der Waals surface area contributed by atoms with Crippen LogP contribution in [0.2, 0.25) is 0 Å². The highest BCUT2D eigenvalue weighted by Crippen LogP contribution is 2.29. The number of unbranched alkanes of at least 4 members (excludes halogenated alkanes) is 1. The molecule has 2 atom stereocenters. The third-order valence-corrected chi connectivity index (χ3v) is 3.78. The molecule has 1 aromatic rings. The van der Waals surface area contributed by atoms with Gasteiger partial charge in [-0.1, -0.05) is 69.5 Å². The van der Waals surface area contributed by atoms with E-state index in [-0.39, 0.29) is 0 Å². The average Bonchev–Trinajstić information content (AvgIpc) is 2.35. The topological polar surface area (TPSA) is 0 Å². The van der Waals surface area contributed by atoms with E-state index >= 15 is 0 Å². The highest BCUT2D eigenvalue weighted by Gasteiger charge is 2.18. The van der Waals surface area contributed by atoms with E-state index in [9.17, 15) is 0 Å². The van der Waals surface area contributed by atoms with Crippen molar-refractivity contribution in [3.63, 3.8) is 0 Å². The van der Waals surface area contributed by atoms with E-state index < -0.39 is 0 Å². The predicted molar refractivity (Wildman–Crippen MR) is 71.4 cm³/mol. The van der Waals surface area contributed by atoms with Gasteiger partial charge < -0.3 is 0 Å². The van der Waals surface area contributed by atoms with Crippen molar-refractivity contribution in [1.82, 2.24) is 0 Å². The first kappa shape index (κ1) is 11.4. The molecule has 0 saturated heterocycles. The Morgan fingerprint density at radius 2 is 2.12 bits per heavy atom. The second-order valence-electron chi connectivity index (χ2n) is 5.05. The number of rotatable bonds is 4. The molecular formula is C16H22. The maximum Gasteiger partial charge on any atom is -0.0164 e. The van der Waals surface area contributed by atoms with Gasteiger partial charge in [0.1, 0.15) is 0 Å². The number of hydrogen-bond acceptors (Lipinski definition) is 0. The molecule has 1 aliphatic carbocycles. The lowest BCUT2D eigenvalue weighted by Gasteiger charge is -2.25. The van der Waals surface area contributed by atoms with Crippen molar-refractivity contribution >= 4 is 6.08 Å². The Morgan fingerprint density at radius 1 is 1.31 bits per heavy atom. The molecule has 0 fully saturated rings. The van der Waals surface area contributed by atoms with Crippen molar-refractivity contribution in [3.05, 3.63) is 41.5 Å². The lowest BCUT2D eigenvalue weighted by Crippen LogP contribution is -2.15. The van der Waals surface area contributed by atoms with Crippen LogP contribution in [0.25, 0.3) is 6.08 Å².